The highest BCUT2D eigenvalue weighted by molar-refractivity contribution is 7.15. The van der Waals surface area contributed by atoms with Crippen LogP contribution in [-0.2, 0) is 10.8 Å². The summed E-state index contributed by atoms with van der Waals surface area (Å²) in [4.78, 5) is 30.9. The number of rotatable bonds is 5. The van der Waals surface area contributed by atoms with Crippen molar-refractivity contribution in [2.45, 2.75) is 83.2 Å². The van der Waals surface area contributed by atoms with Crippen molar-refractivity contribution in [1.82, 2.24) is 9.55 Å². The van der Waals surface area contributed by atoms with Crippen LogP contribution in [0.1, 0.15) is 79.4 Å². The minimum atomic E-state index is -1.98. The van der Waals surface area contributed by atoms with Crippen molar-refractivity contribution in [1.29, 1.82) is 0 Å². The zero-order valence-electron chi connectivity index (χ0n) is 20.8. The lowest BCUT2D eigenvalue weighted by Gasteiger charge is -2.40. The lowest BCUT2D eigenvalue weighted by atomic mass is 9.96. The van der Waals surface area contributed by atoms with Gasteiger partial charge in [0, 0.05) is 17.1 Å². The molecule has 9 heteroatoms. The Morgan fingerprint density at radius 1 is 1.26 bits per heavy atom. The monoisotopic (exact) mass is 514 g/mol. The highest BCUT2D eigenvalue weighted by atomic mass is 32.1. The molecule has 3 heterocycles. The van der Waals surface area contributed by atoms with Crippen LogP contribution in [-0.4, -0.2) is 28.9 Å². The van der Waals surface area contributed by atoms with Crippen molar-refractivity contribution in [3.8, 4) is 10.6 Å². The number of hydrogen-bond donors (Lipinski definition) is 1. The van der Waals surface area contributed by atoms with E-state index in [9.17, 15) is 14.7 Å². The third-order valence-corrected chi connectivity index (χ3v) is 13.4. The number of carboxylic acids is 1. The van der Waals surface area contributed by atoms with Crippen LogP contribution in [0.2, 0.25) is 18.1 Å². The van der Waals surface area contributed by atoms with Gasteiger partial charge in [-0.1, -0.05) is 20.8 Å². The average Bonchev–Trinajstić information content (AvgIpc) is 3.51. The van der Waals surface area contributed by atoms with E-state index in [0.29, 0.717) is 5.65 Å². The number of carbonyl (C=O) groups is 1. The number of aryl methyl sites for hydroxylation is 1. The van der Waals surface area contributed by atoms with Crippen molar-refractivity contribution >= 4 is 36.7 Å². The number of thiophene rings is 1. The van der Waals surface area contributed by atoms with Gasteiger partial charge in [-0.05, 0) is 67.9 Å². The summed E-state index contributed by atoms with van der Waals surface area (Å²) < 4.78 is 23.9. The van der Waals surface area contributed by atoms with Gasteiger partial charge in [-0.25, -0.2) is 14.2 Å². The van der Waals surface area contributed by atoms with Gasteiger partial charge >= 0.3 is 5.97 Å². The van der Waals surface area contributed by atoms with E-state index in [-0.39, 0.29) is 33.8 Å². The lowest BCUT2D eigenvalue weighted by Crippen LogP contribution is -2.42. The normalized spacial score (nSPS) is 18.6. The molecular weight excluding hydrogens is 483 g/mol. The Hall–Kier alpha value is -2.36. The summed E-state index contributed by atoms with van der Waals surface area (Å²) in [5, 5.41) is 9.57. The Morgan fingerprint density at radius 2 is 1.97 bits per heavy atom. The van der Waals surface area contributed by atoms with E-state index in [2.05, 4.69) is 38.8 Å². The minimum Gasteiger partial charge on any atom is -0.477 e. The van der Waals surface area contributed by atoms with Crippen molar-refractivity contribution in [3.05, 3.63) is 50.4 Å². The first kappa shape index (κ1) is 24.3. The summed E-state index contributed by atoms with van der Waals surface area (Å²) in [6.07, 6.45) is 6.03. The topological polar surface area (TPSA) is 81.4 Å². The molecule has 2 aliphatic carbocycles. The number of halogens is 1. The molecule has 2 aliphatic rings. The van der Waals surface area contributed by atoms with E-state index in [1.54, 1.807) is 15.9 Å². The number of aromatic carboxylic acids is 1. The number of nitrogens with zero attached hydrogens (tertiary/aromatic N) is 2. The van der Waals surface area contributed by atoms with Crippen LogP contribution < -0.4 is 5.43 Å². The van der Waals surface area contributed by atoms with Gasteiger partial charge in [0.15, 0.2) is 14.1 Å². The van der Waals surface area contributed by atoms with Gasteiger partial charge in [0.25, 0.3) is 0 Å². The van der Waals surface area contributed by atoms with Gasteiger partial charge in [-0.15, -0.1) is 11.3 Å². The van der Waals surface area contributed by atoms with Crippen molar-refractivity contribution in [2.75, 3.05) is 0 Å². The molecule has 0 radical (unpaired) electrons. The molecule has 3 aromatic rings. The second-order valence-electron chi connectivity index (χ2n) is 11.3. The summed E-state index contributed by atoms with van der Waals surface area (Å²) in [6, 6.07) is 3.26. The van der Waals surface area contributed by atoms with Crippen molar-refractivity contribution < 1.29 is 18.7 Å². The number of hydrogen-bond acceptors (Lipinski definition) is 5. The Balaban J connectivity index is 1.60. The Labute approximate surface area is 208 Å². The fourth-order valence-electron chi connectivity index (χ4n) is 4.49. The number of aromatic nitrogens is 2. The van der Waals surface area contributed by atoms with Crippen LogP contribution in [0.25, 0.3) is 21.6 Å². The molecule has 1 fully saturated rings. The molecule has 1 saturated carbocycles. The predicted molar refractivity (Wildman–Crippen MR) is 138 cm³/mol. The predicted octanol–water partition coefficient (Wildman–Crippen LogP) is 6.70. The van der Waals surface area contributed by atoms with E-state index < -0.39 is 25.5 Å². The first-order valence-electron chi connectivity index (χ1n) is 12.2. The lowest BCUT2D eigenvalue weighted by molar-refractivity contribution is 0.0694. The first-order valence-corrected chi connectivity index (χ1v) is 15.9. The van der Waals surface area contributed by atoms with Gasteiger partial charge < -0.3 is 14.1 Å². The fraction of sp³-hybridized carbons (Fsp3) is 0.500. The third kappa shape index (κ3) is 4.27. The summed E-state index contributed by atoms with van der Waals surface area (Å²) in [6.45, 7) is 11.2. The maximum atomic E-state index is 15.4. The minimum absolute atomic E-state index is 0.00377. The average molecular weight is 515 g/mol. The molecule has 0 aromatic carbocycles. The standard InChI is InChI=1S/C26H31FN2O4SSi/c1-26(2,3)35(4,5)33-19-7-6-8-20-15(19)12-21(34-20)22-18(27)11-16-23(30)17(25(31)32)13-29(14-9-10-14)24(16)28-22/h11-14,19H,6-10H2,1-5H3,(H,31,32). The SMILES string of the molecule is CC(C)(C)[Si](C)(C)OC1CCCc2sc(-c3nc4c(cc3F)c(=O)c(C(=O)O)cn4C3CC3)cc21. The molecule has 0 saturated heterocycles. The van der Waals surface area contributed by atoms with Crippen LogP contribution in [0.4, 0.5) is 4.39 Å². The van der Waals surface area contributed by atoms with Gasteiger partial charge in [0.1, 0.15) is 16.9 Å². The zero-order chi connectivity index (χ0) is 25.3. The molecule has 186 valence electrons. The van der Waals surface area contributed by atoms with Crippen LogP contribution in [0.3, 0.4) is 0 Å². The molecule has 3 aromatic heterocycles. The smallest absolute Gasteiger partial charge is 0.341 e. The molecule has 6 nitrogen and oxygen atoms in total. The Bertz CT molecular complexity index is 1400. The molecule has 1 N–H and O–H groups in total. The second-order valence-corrected chi connectivity index (χ2v) is 17.1. The molecule has 1 atom stereocenters. The van der Waals surface area contributed by atoms with E-state index >= 15 is 4.39 Å². The van der Waals surface area contributed by atoms with E-state index in [4.69, 9.17) is 4.43 Å². The maximum Gasteiger partial charge on any atom is 0.341 e. The summed E-state index contributed by atoms with van der Waals surface area (Å²) >= 11 is 1.54. The van der Waals surface area contributed by atoms with Crippen LogP contribution >= 0.6 is 11.3 Å². The molecule has 1 unspecified atom stereocenters. The van der Waals surface area contributed by atoms with E-state index in [1.165, 1.54) is 11.1 Å². The number of pyridine rings is 2. The third-order valence-electron chi connectivity index (χ3n) is 7.66. The second kappa shape index (κ2) is 8.35. The molecule has 0 bridgehead atoms. The zero-order valence-corrected chi connectivity index (χ0v) is 22.6. The molecule has 0 spiro atoms. The van der Waals surface area contributed by atoms with Crippen LogP contribution in [0.15, 0.2) is 23.1 Å². The summed E-state index contributed by atoms with van der Waals surface area (Å²) in [5.74, 6) is -1.92. The van der Waals surface area contributed by atoms with Gasteiger partial charge in [0.2, 0.25) is 5.43 Å². The van der Waals surface area contributed by atoms with Crippen molar-refractivity contribution in [3.63, 3.8) is 0 Å². The largest absolute Gasteiger partial charge is 0.477 e. The Morgan fingerprint density at radius 3 is 2.60 bits per heavy atom. The van der Waals surface area contributed by atoms with Gasteiger partial charge in [-0.2, -0.15) is 0 Å². The molecule has 0 amide bonds. The quantitative estimate of drug-likeness (QED) is 0.383. The highest BCUT2D eigenvalue weighted by Crippen LogP contribution is 2.46. The first-order chi connectivity index (χ1) is 16.4. The molecule has 35 heavy (non-hydrogen) atoms. The van der Waals surface area contributed by atoms with E-state index in [0.717, 1.165) is 48.6 Å². The van der Waals surface area contributed by atoms with E-state index in [1.807, 2.05) is 6.07 Å². The number of fused-ring (bicyclic) bond motifs is 2. The molecular formula is C26H31FN2O4SSi. The molecule has 5 rings (SSSR count). The maximum absolute atomic E-state index is 15.4. The summed E-state index contributed by atoms with van der Waals surface area (Å²) in [5.41, 5.74) is 0.633. The highest BCUT2D eigenvalue weighted by Gasteiger charge is 2.40. The van der Waals surface area contributed by atoms with Gasteiger partial charge in [0.05, 0.1) is 16.4 Å². The summed E-state index contributed by atoms with van der Waals surface area (Å²) in [7, 11) is -1.98. The van der Waals surface area contributed by atoms with Crippen LogP contribution in [0, 0.1) is 5.82 Å². The fourth-order valence-corrected chi connectivity index (χ4v) is 7.04. The number of carboxylic acid groups (broad SMARTS) is 1. The molecule has 0 aliphatic heterocycles. The van der Waals surface area contributed by atoms with Gasteiger partial charge in [-0.3, -0.25) is 4.79 Å². The van der Waals surface area contributed by atoms with Crippen molar-refractivity contribution in [2.24, 2.45) is 0 Å². The van der Waals surface area contributed by atoms with Crippen LogP contribution in [0.5, 0.6) is 0 Å². The Kier molecular flexibility index (Phi) is 5.81.